The highest BCUT2D eigenvalue weighted by molar-refractivity contribution is 4.81. The molecule has 1 N–H and O–H groups in total. The molecule has 108 valence electrons. The lowest BCUT2D eigenvalue weighted by atomic mass is 10.1. The molecule has 0 amide bonds. The van der Waals surface area contributed by atoms with Crippen LogP contribution in [-0.2, 0) is 14.2 Å². The van der Waals surface area contributed by atoms with E-state index in [0.717, 1.165) is 26.1 Å². The Hall–Kier alpha value is -0.160. The largest absolute Gasteiger partial charge is 0.379 e. The zero-order valence-electron chi connectivity index (χ0n) is 12.3. The number of ether oxygens (including phenoxy) is 3. The van der Waals surface area contributed by atoms with Crippen LogP contribution in [0.25, 0.3) is 0 Å². The van der Waals surface area contributed by atoms with Gasteiger partial charge >= 0.3 is 0 Å². The summed E-state index contributed by atoms with van der Waals surface area (Å²) >= 11 is 0. The van der Waals surface area contributed by atoms with Crippen LogP contribution in [0.4, 0.5) is 0 Å². The van der Waals surface area contributed by atoms with Crippen LogP contribution in [0, 0.1) is 5.92 Å². The molecule has 1 atom stereocenters. The fourth-order valence-electron chi connectivity index (χ4n) is 1.92. The van der Waals surface area contributed by atoms with Gasteiger partial charge in [-0.15, -0.1) is 0 Å². The lowest BCUT2D eigenvalue weighted by Gasteiger charge is -2.36. The van der Waals surface area contributed by atoms with Crippen molar-refractivity contribution < 1.29 is 14.2 Å². The second-order valence-corrected chi connectivity index (χ2v) is 6.00. The average molecular weight is 259 g/mol. The summed E-state index contributed by atoms with van der Waals surface area (Å²) in [5.41, 5.74) is -0.0833. The minimum atomic E-state index is -0.0833. The molecule has 0 spiro atoms. The van der Waals surface area contributed by atoms with E-state index in [9.17, 15) is 0 Å². The Balaban J connectivity index is 1.94. The number of hydrogen-bond donors (Lipinski definition) is 1. The molecule has 1 aliphatic heterocycles. The Kier molecular flexibility index (Phi) is 7.15. The molecule has 0 aromatic heterocycles. The van der Waals surface area contributed by atoms with E-state index in [4.69, 9.17) is 14.2 Å². The van der Waals surface area contributed by atoms with E-state index >= 15 is 0 Å². The first-order valence-corrected chi connectivity index (χ1v) is 7.03. The number of rotatable bonds is 8. The highest BCUT2D eigenvalue weighted by atomic mass is 16.6. The first-order chi connectivity index (χ1) is 8.49. The van der Waals surface area contributed by atoms with Crippen molar-refractivity contribution in [2.45, 2.75) is 45.8 Å². The molecule has 1 heterocycles. The van der Waals surface area contributed by atoms with Crippen LogP contribution in [-0.4, -0.2) is 51.2 Å². The molecule has 0 saturated carbocycles. The Morgan fingerprint density at radius 1 is 1.22 bits per heavy atom. The highest BCUT2D eigenvalue weighted by Gasteiger charge is 2.28. The van der Waals surface area contributed by atoms with Gasteiger partial charge in [0.05, 0.1) is 31.5 Å². The van der Waals surface area contributed by atoms with Gasteiger partial charge in [0, 0.05) is 19.7 Å². The van der Waals surface area contributed by atoms with Gasteiger partial charge in [-0.1, -0.05) is 13.8 Å². The number of hydrogen-bond acceptors (Lipinski definition) is 4. The molecule has 1 unspecified atom stereocenters. The summed E-state index contributed by atoms with van der Waals surface area (Å²) in [6.07, 6.45) is 1.27. The van der Waals surface area contributed by atoms with E-state index in [1.54, 1.807) is 0 Å². The van der Waals surface area contributed by atoms with Gasteiger partial charge in [-0.05, 0) is 26.2 Å². The monoisotopic (exact) mass is 259 g/mol. The molecule has 18 heavy (non-hydrogen) atoms. The maximum atomic E-state index is 5.90. The molecule has 1 saturated heterocycles. The van der Waals surface area contributed by atoms with Gasteiger partial charge in [0.1, 0.15) is 0 Å². The van der Waals surface area contributed by atoms with E-state index in [0.29, 0.717) is 25.7 Å². The van der Waals surface area contributed by atoms with E-state index < -0.39 is 0 Å². The van der Waals surface area contributed by atoms with E-state index in [1.165, 1.54) is 0 Å². The molecule has 0 aliphatic carbocycles. The van der Waals surface area contributed by atoms with Crippen molar-refractivity contribution in [3.05, 3.63) is 0 Å². The molecular weight excluding hydrogens is 230 g/mol. The minimum absolute atomic E-state index is 0.0833. The molecule has 1 fully saturated rings. The minimum Gasteiger partial charge on any atom is -0.379 e. The summed E-state index contributed by atoms with van der Waals surface area (Å²) in [6, 6.07) is 0. The Morgan fingerprint density at radius 2 is 1.94 bits per heavy atom. The van der Waals surface area contributed by atoms with Crippen LogP contribution in [0.1, 0.15) is 34.1 Å². The highest BCUT2D eigenvalue weighted by Crippen LogP contribution is 2.15. The van der Waals surface area contributed by atoms with Gasteiger partial charge in [-0.2, -0.15) is 0 Å². The standard InChI is InChI=1S/C14H29NO3/c1-12(2)5-6-16-7-8-17-10-13-9-15-11-14(3,4)18-13/h12-13,15H,5-11H2,1-4H3. The molecule has 0 bridgehead atoms. The predicted molar refractivity (Wildman–Crippen MR) is 72.9 cm³/mol. The van der Waals surface area contributed by atoms with Gasteiger partial charge in [-0.3, -0.25) is 0 Å². The van der Waals surface area contributed by atoms with E-state index in [-0.39, 0.29) is 11.7 Å². The first kappa shape index (κ1) is 15.9. The van der Waals surface area contributed by atoms with Crippen LogP contribution in [0.2, 0.25) is 0 Å². The topological polar surface area (TPSA) is 39.7 Å². The molecule has 1 rings (SSSR count). The third-order valence-electron chi connectivity index (χ3n) is 2.92. The molecule has 4 nitrogen and oxygen atoms in total. The summed E-state index contributed by atoms with van der Waals surface area (Å²) < 4.78 is 17.0. The van der Waals surface area contributed by atoms with Crippen molar-refractivity contribution >= 4 is 0 Å². The average Bonchev–Trinajstić information content (AvgIpc) is 2.26. The summed E-state index contributed by atoms with van der Waals surface area (Å²) in [7, 11) is 0. The predicted octanol–water partition coefficient (Wildman–Crippen LogP) is 1.83. The zero-order valence-corrected chi connectivity index (χ0v) is 12.3. The fraction of sp³-hybridized carbons (Fsp3) is 1.00. The molecule has 0 radical (unpaired) electrons. The summed E-state index contributed by atoms with van der Waals surface area (Å²) in [4.78, 5) is 0. The summed E-state index contributed by atoms with van der Waals surface area (Å²) in [6.45, 7) is 13.2. The van der Waals surface area contributed by atoms with Crippen molar-refractivity contribution in [3.8, 4) is 0 Å². The maximum absolute atomic E-state index is 5.90. The van der Waals surface area contributed by atoms with Gasteiger partial charge in [0.2, 0.25) is 0 Å². The molecular formula is C14H29NO3. The fourth-order valence-corrected chi connectivity index (χ4v) is 1.92. The smallest absolute Gasteiger partial charge is 0.0940 e. The second kappa shape index (κ2) is 8.10. The summed E-state index contributed by atoms with van der Waals surface area (Å²) in [5, 5.41) is 3.36. The molecule has 4 heteroatoms. The van der Waals surface area contributed by atoms with Crippen molar-refractivity contribution in [1.29, 1.82) is 0 Å². The van der Waals surface area contributed by atoms with Crippen LogP contribution >= 0.6 is 0 Å². The van der Waals surface area contributed by atoms with E-state index in [1.807, 2.05) is 0 Å². The van der Waals surface area contributed by atoms with Gasteiger partial charge < -0.3 is 19.5 Å². The van der Waals surface area contributed by atoms with Crippen molar-refractivity contribution in [2.24, 2.45) is 5.92 Å². The molecule has 0 aromatic rings. The first-order valence-electron chi connectivity index (χ1n) is 7.03. The normalized spacial score (nSPS) is 23.5. The van der Waals surface area contributed by atoms with Crippen molar-refractivity contribution in [3.63, 3.8) is 0 Å². The lowest BCUT2D eigenvalue weighted by Crippen LogP contribution is -2.51. The molecule has 1 aliphatic rings. The maximum Gasteiger partial charge on any atom is 0.0940 e. The Labute approximate surface area is 111 Å². The van der Waals surface area contributed by atoms with Crippen LogP contribution in [0.3, 0.4) is 0 Å². The Bertz CT molecular complexity index is 219. The zero-order chi connectivity index (χ0) is 13.4. The third-order valence-corrected chi connectivity index (χ3v) is 2.92. The SMILES string of the molecule is CC(C)CCOCCOCC1CNCC(C)(C)O1. The number of nitrogens with one attached hydrogen (secondary N) is 1. The van der Waals surface area contributed by atoms with Gasteiger partial charge in [-0.25, -0.2) is 0 Å². The van der Waals surface area contributed by atoms with Crippen LogP contribution < -0.4 is 5.32 Å². The van der Waals surface area contributed by atoms with Crippen LogP contribution in [0.5, 0.6) is 0 Å². The van der Waals surface area contributed by atoms with Crippen molar-refractivity contribution in [1.82, 2.24) is 5.32 Å². The Morgan fingerprint density at radius 3 is 2.61 bits per heavy atom. The van der Waals surface area contributed by atoms with Gasteiger partial charge in [0.25, 0.3) is 0 Å². The molecule has 0 aromatic carbocycles. The van der Waals surface area contributed by atoms with Crippen LogP contribution in [0.15, 0.2) is 0 Å². The summed E-state index contributed by atoms with van der Waals surface area (Å²) in [5.74, 6) is 0.704. The van der Waals surface area contributed by atoms with Gasteiger partial charge in [0.15, 0.2) is 0 Å². The number of morpholine rings is 1. The second-order valence-electron chi connectivity index (χ2n) is 6.00. The van der Waals surface area contributed by atoms with Crippen molar-refractivity contribution in [2.75, 3.05) is 39.5 Å². The quantitative estimate of drug-likeness (QED) is 0.675. The van der Waals surface area contributed by atoms with E-state index in [2.05, 4.69) is 33.0 Å². The lowest BCUT2D eigenvalue weighted by molar-refractivity contribution is -0.122. The third kappa shape index (κ3) is 7.31.